The van der Waals surface area contributed by atoms with Crippen molar-refractivity contribution in [3.05, 3.63) is 0 Å². The fourth-order valence-electron chi connectivity index (χ4n) is 2.64. The summed E-state index contributed by atoms with van der Waals surface area (Å²) in [5, 5.41) is 0. The Bertz CT molecular complexity index is 283. The first-order chi connectivity index (χ1) is 8.58. The van der Waals surface area contributed by atoms with Crippen LogP contribution in [0, 0.1) is 5.92 Å². The predicted molar refractivity (Wildman–Crippen MR) is 70.1 cm³/mol. The third-order valence-corrected chi connectivity index (χ3v) is 3.82. The third kappa shape index (κ3) is 4.31. The molecule has 1 rings (SSSR count). The summed E-state index contributed by atoms with van der Waals surface area (Å²) in [5.74, 6) is 0.563. The summed E-state index contributed by atoms with van der Waals surface area (Å²) in [6, 6.07) is 0.357. The Morgan fingerprint density at radius 1 is 1.17 bits per heavy atom. The van der Waals surface area contributed by atoms with Crippen molar-refractivity contribution in [3.8, 4) is 0 Å². The van der Waals surface area contributed by atoms with E-state index in [1.807, 2.05) is 25.8 Å². The summed E-state index contributed by atoms with van der Waals surface area (Å²) in [5.41, 5.74) is 0. The molecule has 0 atom stereocenters. The molecular formula is C14H25NO3. The summed E-state index contributed by atoms with van der Waals surface area (Å²) in [6.07, 6.45) is 5.15. The first-order valence-electron chi connectivity index (χ1n) is 6.99. The van der Waals surface area contributed by atoms with Gasteiger partial charge >= 0.3 is 5.97 Å². The van der Waals surface area contributed by atoms with Gasteiger partial charge in [-0.3, -0.25) is 9.59 Å². The standard InChI is InChI=1S/C14H25NO3/c1-4-13(16)15(3)12-8-6-11(7-9-12)10-14(17)18-5-2/h11-12H,4-10H2,1-3H3/t11-,12-. The maximum Gasteiger partial charge on any atom is 0.306 e. The second kappa shape index (κ2) is 7.39. The molecule has 0 N–H and O–H groups in total. The minimum atomic E-state index is -0.0843. The smallest absolute Gasteiger partial charge is 0.306 e. The molecule has 1 aliphatic carbocycles. The lowest BCUT2D eigenvalue weighted by Crippen LogP contribution is -2.39. The molecule has 0 heterocycles. The van der Waals surface area contributed by atoms with Crippen LogP contribution in [0.2, 0.25) is 0 Å². The Labute approximate surface area is 110 Å². The minimum Gasteiger partial charge on any atom is -0.466 e. The zero-order valence-electron chi connectivity index (χ0n) is 11.8. The summed E-state index contributed by atoms with van der Waals surface area (Å²) in [7, 11) is 1.89. The normalized spacial score (nSPS) is 23.5. The van der Waals surface area contributed by atoms with E-state index in [1.165, 1.54) is 0 Å². The summed E-state index contributed by atoms with van der Waals surface area (Å²) >= 11 is 0. The first kappa shape index (κ1) is 15.0. The molecule has 1 aliphatic rings. The Hall–Kier alpha value is -1.06. The molecular weight excluding hydrogens is 230 g/mol. The highest BCUT2D eigenvalue weighted by atomic mass is 16.5. The van der Waals surface area contributed by atoms with E-state index < -0.39 is 0 Å². The third-order valence-electron chi connectivity index (χ3n) is 3.82. The van der Waals surface area contributed by atoms with Crippen LogP contribution in [0.25, 0.3) is 0 Å². The van der Waals surface area contributed by atoms with Crippen LogP contribution in [0.1, 0.15) is 52.4 Å². The first-order valence-corrected chi connectivity index (χ1v) is 6.99. The average Bonchev–Trinajstić information content (AvgIpc) is 2.38. The monoisotopic (exact) mass is 255 g/mol. The van der Waals surface area contributed by atoms with E-state index in [0.717, 1.165) is 25.7 Å². The van der Waals surface area contributed by atoms with Crippen molar-refractivity contribution in [1.29, 1.82) is 0 Å². The summed E-state index contributed by atoms with van der Waals surface area (Å²) in [6.45, 7) is 4.19. The number of hydrogen-bond donors (Lipinski definition) is 0. The maximum atomic E-state index is 11.6. The lowest BCUT2D eigenvalue weighted by atomic mass is 9.83. The van der Waals surface area contributed by atoms with Gasteiger partial charge in [-0.25, -0.2) is 0 Å². The van der Waals surface area contributed by atoms with Gasteiger partial charge in [-0.2, -0.15) is 0 Å². The molecule has 1 fully saturated rings. The molecule has 0 radical (unpaired) electrons. The molecule has 0 aromatic rings. The molecule has 4 heteroatoms. The van der Waals surface area contributed by atoms with Gasteiger partial charge in [-0.05, 0) is 38.5 Å². The Balaban J connectivity index is 2.32. The van der Waals surface area contributed by atoms with Crippen molar-refractivity contribution < 1.29 is 14.3 Å². The van der Waals surface area contributed by atoms with E-state index >= 15 is 0 Å². The maximum absolute atomic E-state index is 11.6. The van der Waals surface area contributed by atoms with E-state index in [-0.39, 0.29) is 11.9 Å². The van der Waals surface area contributed by atoms with Crippen LogP contribution in [0.15, 0.2) is 0 Å². The quantitative estimate of drug-likeness (QED) is 0.708. The van der Waals surface area contributed by atoms with Gasteiger partial charge in [0.15, 0.2) is 0 Å². The minimum absolute atomic E-state index is 0.0843. The van der Waals surface area contributed by atoms with Crippen LogP contribution in [-0.2, 0) is 14.3 Å². The van der Waals surface area contributed by atoms with Crippen LogP contribution < -0.4 is 0 Å². The van der Waals surface area contributed by atoms with Gasteiger partial charge in [0.1, 0.15) is 0 Å². The molecule has 0 unspecified atom stereocenters. The van der Waals surface area contributed by atoms with Crippen LogP contribution in [-0.4, -0.2) is 36.5 Å². The molecule has 0 aromatic heterocycles. The van der Waals surface area contributed by atoms with Gasteiger partial charge in [0.05, 0.1) is 6.61 Å². The highest BCUT2D eigenvalue weighted by molar-refractivity contribution is 5.75. The number of hydrogen-bond acceptors (Lipinski definition) is 3. The fraction of sp³-hybridized carbons (Fsp3) is 0.857. The van der Waals surface area contributed by atoms with Gasteiger partial charge in [-0.1, -0.05) is 6.92 Å². The topological polar surface area (TPSA) is 46.6 Å². The number of carbonyl (C=O) groups excluding carboxylic acids is 2. The summed E-state index contributed by atoms with van der Waals surface area (Å²) < 4.78 is 4.97. The molecule has 0 bridgehead atoms. The second-order valence-electron chi connectivity index (χ2n) is 5.04. The van der Waals surface area contributed by atoms with Crippen LogP contribution in [0.5, 0.6) is 0 Å². The number of carbonyl (C=O) groups is 2. The average molecular weight is 255 g/mol. The van der Waals surface area contributed by atoms with Gasteiger partial charge < -0.3 is 9.64 Å². The van der Waals surface area contributed by atoms with Gasteiger partial charge in [-0.15, -0.1) is 0 Å². The van der Waals surface area contributed by atoms with Crippen LogP contribution in [0.4, 0.5) is 0 Å². The molecule has 1 saturated carbocycles. The molecule has 4 nitrogen and oxygen atoms in total. The van der Waals surface area contributed by atoms with Gasteiger partial charge in [0, 0.05) is 25.9 Å². The Kier molecular flexibility index (Phi) is 6.16. The molecule has 0 aromatic carbocycles. The van der Waals surface area contributed by atoms with Crippen LogP contribution >= 0.6 is 0 Å². The lowest BCUT2D eigenvalue weighted by Gasteiger charge is -2.34. The summed E-state index contributed by atoms with van der Waals surface area (Å²) in [4.78, 5) is 24.9. The van der Waals surface area contributed by atoms with Gasteiger partial charge in [0.2, 0.25) is 5.91 Å². The fourth-order valence-corrected chi connectivity index (χ4v) is 2.64. The number of ether oxygens (including phenoxy) is 1. The lowest BCUT2D eigenvalue weighted by molar-refractivity contribution is -0.145. The number of rotatable bonds is 5. The highest BCUT2D eigenvalue weighted by Gasteiger charge is 2.27. The van der Waals surface area contributed by atoms with Gasteiger partial charge in [0.25, 0.3) is 0 Å². The molecule has 104 valence electrons. The van der Waals surface area contributed by atoms with E-state index in [2.05, 4.69) is 0 Å². The Morgan fingerprint density at radius 3 is 2.28 bits per heavy atom. The predicted octanol–water partition coefficient (Wildman–Crippen LogP) is 2.37. The van der Waals surface area contributed by atoms with Crippen molar-refractivity contribution in [3.63, 3.8) is 0 Å². The second-order valence-corrected chi connectivity index (χ2v) is 5.04. The van der Waals surface area contributed by atoms with Crippen molar-refractivity contribution in [2.45, 2.75) is 58.4 Å². The zero-order chi connectivity index (χ0) is 13.5. The van der Waals surface area contributed by atoms with Crippen molar-refractivity contribution in [1.82, 2.24) is 4.90 Å². The van der Waals surface area contributed by atoms with Crippen molar-refractivity contribution >= 4 is 11.9 Å². The highest BCUT2D eigenvalue weighted by Crippen LogP contribution is 2.29. The van der Waals surface area contributed by atoms with E-state index in [9.17, 15) is 9.59 Å². The van der Waals surface area contributed by atoms with E-state index in [1.54, 1.807) is 0 Å². The molecule has 0 spiro atoms. The van der Waals surface area contributed by atoms with E-state index in [0.29, 0.717) is 31.4 Å². The number of amides is 1. The largest absolute Gasteiger partial charge is 0.466 e. The Morgan fingerprint density at radius 2 is 1.78 bits per heavy atom. The van der Waals surface area contributed by atoms with Crippen molar-refractivity contribution in [2.24, 2.45) is 5.92 Å². The number of esters is 1. The molecule has 0 aliphatic heterocycles. The SMILES string of the molecule is CCOC(=O)C[C@H]1CC[C@H](N(C)C(=O)CC)CC1. The molecule has 18 heavy (non-hydrogen) atoms. The number of nitrogens with zero attached hydrogens (tertiary/aromatic N) is 1. The van der Waals surface area contributed by atoms with Crippen LogP contribution in [0.3, 0.4) is 0 Å². The molecule has 0 saturated heterocycles. The molecule has 1 amide bonds. The van der Waals surface area contributed by atoms with Crippen molar-refractivity contribution in [2.75, 3.05) is 13.7 Å². The van der Waals surface area contributed by atoms with E-state index in [4.69, 9.17) is 4.74 Å². The zero-order valence-corrected chi connectivity index (χ0v) is 11.8.